The molecular weight excluding hydrogens is 372 g/mol. The summed E-state index contributed by atoms with van der Waals surface area (Å²) < 4.78 is 0. The summed E-state index contributed by atoms with van der Waals surface area (Å²) in [6.45, 7) is 5.31. The highest BCUT2D eigenvalue weighted by Gasteiger charge is 2.22. The van der Waals surface area contributed by atoms with Crippen molar-refractivity contribution in [3.05, 3.63) is 59.7 Å². The summed E-state index contributed by atoms with van der Waals surface area (Å²) >= 11 is 0. The van der Waals surface area contributed by atoms with Crippen molar-refractivity contribution in [3.63, 3.8) is 0 Å². The van der Waals surface area contributed by atoms with Crippen molar-refractivity contribution in [2.24, 2.45) is 0 Å². The summed E-state index contributed by atoms with van der Waals surface area (Å²) in [6, 6.07) is 17.0. The molecule has 1 saturated heterocycles. The van der Waals surface area contributed by atoms with Gasteiger partial charge in [-0.05, 0) is 61.6 Å². The summed E-state index contributed by atoms with van der Waals surface area (Å²) in [5.41, 5.74) is 5.68. The maximum atomic E-state index is 11.8. The molecule has 2 aromatic carbocycles. The Labute approximate surface area is 177 Å². The van der Waals surface area contributed by atoms with Crippen LogP contribution in [-0.2, 0) is 17.8 Å². The van der Waals surface area contributed by atoms with E-state index in [9.17, 15) is 4.79 Å². The summed E-state index contributed by atoms with van der Waals surface area (Å²) in [6.07, 6.45) is 4.70. The van der Waals surface area contributed by atoms with Crippen LogP contribution >= 0.6 is 0 Å². The van der Waals surface area contributed by atoms with Gasteiger partial charge >= 0.3 is 0 Å². The van der Waals surface area contributed by atoms with Crippen LogP contribution in [-0.4, -0.2) is 30.5 Å². The fourth-order valence-electron chi connectivity index (χ4n) is 4.70. The highest BCUT2D eigenvalue weighted by molar-refractivity contribution is 5.94. The topological polar surface area (TPSA) is 48.5 Å². The van der Waals surface area contributed by atoms with Crippen molar-refractivity contribution in [2.45, 2.75) is 39.2 Å². The van der Waals surface area contributed by atoms with Crippen molar-refractivity contribution in [1.29, 1.82) is 0 Å². The first kappa shape index (κ1) is 18.9. The third-order valence-electron chi connectivity index (χ3n) is 6.27. The number of hydrogen-bond donors (Lipinski definition) is 1. The molecule has 3 aromatic rings. The number of rotatable bonds is 4. The number of carbonyl (C=O) groups is 1. The van der Waals surface area contributed by atoms with E-state index in [-0.39, 0.29) is 5.91 Å². The molecule has 0 spiro atoms. The fourth-order valence-corrected chi connectivity index (χ4v) is 4.70. The standard InChI is InChI=1S/C25H28N4O/c1-18(30)29-14-11-20-16-22(9-10-24(20)29)26-17-21-15-19-7-3-4-8-23(19)27-25(21)28-12-5-2-6-13-28/h3-4,7-10,15-16,26H,2,5-6,11-14,17H2,1H3. The van der Waals surface area contributed by atoms with Gasteiger partial charge in [-0.3, -0.25) is 4.79 Å². The summed E-state index contributed by atoms with van der Waals surface area (Å²) in [7, 11) is 0. The minimum Gasteiger partial charge on any atom is -0.381 e. The molecule has 2 aliphatic rings. The van der Waals surface area contributed by atoms with Crippen molar-refractivity contribution >= 4 is 34.0 Å². The first-order valence-electron chi connectivity index (χ1n) is 11.0. The molecule has 0 radical (unpaired) electrons. The molecule has 0 aliphatic carbocycles. The predicted octanol–water partition coefficient (Wildman–Crippen LogP) is 4.75. The van der Waals surface area contributed by atoms with Crippen LogP contribution in [0.4, 0.5) is 17.2 Å². The van der Waals surface area contributed by atoms with E-state index < -0.39 is 0 Å². The van der Waals surface area contributed by atoms with Gasteiger partial charge in [-0.15, -0.1) is 0 Å². The van der Waals surface area contributed by atoms with Crippen LogP contribution < -0.4 is 15.1 Å². The third kappa shape index (κ3) is 3.60. The quantitative estimate of drug-likeness (QED) is 0.687. The van der Waals surface area contributed by atoms with Gasteiger partial charge in [0, 0.05) is 55.4 Å². The van der Waals surface area contributed by atoms with E-state index in [1.54, 1.807) is 6.92 Å². The van der Waals surface area contributed by atoms with E-state index in [0.717, 1.165) is 55.3 Å². The molecule has 1 N–H and O–H groups in total. The van der Waals surface area contributed by atoms with Crippen LogP contribution in [0.2, 0.25) is 0 Å². The Morgan fingerprint density at radius 2 is 1.87 bits per heavy atom. The second-order valence-electron chi connectivity index (χ2n) is 8.33. The highest BCUT2D eigenvalue weighted by atomic mass is 16.2. The number of nitrogens with zero attached hydrogens (tertiary/aromatic N) is 3. The van der Waals surface area contributed by atoms with Crippen molar-refractivity contribution in [1.82, 2.24) is 4.98 Å². The SMILES string of the molecule is CC(=O)N1CCc2cc(NCc3cc4ccccc4nc3N3CCCCC3)ccc21. The molecule has 2 aliphatic heterocycles. The van der Waals surface area contributed by atoms with Crippen molar-refractivity contribution < 1.29 is 4.79 Å². The third-order valence-corrected chi connectivity index (χ3v) is 6.27. The predicted molar refractivity (Wildman–Crippen MR) is 123 cm³/mol. The molecule has 5 nitrogen and oxygen atoms in total. The van der Waals surface area contributed by atoms with E-state index in [4.69, 9.17) is 4.98 Å². The number of nitrogens with one attached hydrogen (secondary N) is 1. The smallest absolute Gasteiger partial charge is 0.223 e. The van der Waals surface area contributed by atoms with Crippen LogP contribution in [0, 0.1) is 0 Å². The first-order chi connectivity index (χ1) is 14.7. The Morgan fingerprint density at radius 1 is 1.03 bits per heavy atom. The van der Waals surface area contributed by atoms with E-state index >= 15 is 0 Å². The van der Waals surface area contributed by atoms with Gasteiger partial charge in [0.2, 0.25) is 5.91 Å². The molecule has 154 valence electrons. The number of carbonyl (C=O) groups excluding carboxylic acids is 1. The van der Waals surface area contributed by atoms with Gasteiger partial charge in [-0.2, -0.15) is 0 Å². The second kappa shape index (κ2) is 7.98. The van der Waals surface area contributed by atoms with Gasteiger partial charge in [0.15, 0.2) is 0 Å². The number of para-hydroxylation sites is 1. The van der Waals surface area contributed by atoms with Crippen molar-refractivity contribution in [3.8, 4) is 0 Å². The number of anilines is 3. The molecule has 5 heteroatoms. The van der Waals surface area contributed by atoms with Crippen LogP contribution in [0.1, 0.15) is 37.3 Å². The molecule has 1 amide bonds. The maximum absolute atomic E-state index is 11.8. The Bertz CT molecular complexity index is 1090. The monoisotopic (exact) mass is 400 g/mol. The largest absolute Gasteiger partial charge is 0.381 e. The van der Waals surface area contributed by atoms with Gasteiger partial charge in [-0.25, -0.2) is 4.98 Å². The zero-order valence-electron chi connectivity index (χ0n) is 17.5. The molecule has 3 heterocycles. The lowest BCUT2D eigenvalue weighted by Crippen LogP contribution is -2.31. The normalized spacial score (nSPS) is 16.0. The lowest BCUT2D eigenvalue weighted by atomic mass is 10.1. The van der Waals surface area contributed by atoms with Crippen LogP contribution in [0.3, 0.4) is 0 Å². The van der Waals surface area contributed by atoms with E-state index in [0.29, 0.717) is 0 Å². The van der Waals surface area contributed by atoms with Gasteiger partial charge in [0.25, 0.3) is 0 Å². The van der Waals surface area contributed by atoms with Gasteiger partial charge < -0.3 is 15.1 Å². The van der Waals surface area contributed by atoms with Crippen LogP contribution in [0.15, 0.2) is 48.5 Å². The zero-order valence-corrected chi connectivity index (χ0v) is 17.5. The van der Waals surface area contributed by atoms with Crippen LogP contribution in [0.5, 0.6) is 0 Å². The molecule has 0 atom stereocenters. The number of benzene rings is 2. The molecule has 30 heavy (non-hydrogen) atoms. The first-order valence-corrected chi connectivity index (χ1v) is 11.0. The minimum atomic E-state index is 0.114. The fraction of sp³-hybridized carbons (Fsp3) is 0.360. The number of pyridine rings is 1. The maximum Gasteiger partial charge on any atom is 0.223 e. The van der Waals surface area contributed by atoms with Gasteiger partial charge in [0.1, 0.15) is 5.82 Å². The van der Waals surface area contributed by atoms with Gasteiger partial charge in [0.05, 0.1) is 5.52 Å². The number of amides is 1. The second-order valence-corrected chi connectivity index (χ2v) is 8.33. The molecule has 0 bridgehead atoms. The number of hydrogen-bond acceptors (Lipinski definition) is 4. The summed E-state index contributed by atoms with van der Waals surface area (Å²) in [5.74, 6) is 1.23. The van der Waals surface area contributed by atoms with E-state index in [1.807, 2.05) is 4.90 Å². The highest BCUT2D eigenvalue weighted by Crippen LogP contribution is 2.31. The van der Waals surface area contributed by atoms with Crippen molar-refractivity contribution in [2.75, 3.05) is 34.8 Å². The lowest BCUT2D eigenvalue weighted by Gasteiger charge is -2.30. The number of aromatic nitrogens is 1. The lowest BCUT2D eigenvalue weighted by molar-refractivity contribution is -0.116. The molecule has 1 aromatic heterocycles. The molecular formula is C25H28N4O. The molecule has 5 rings (SSSR count). The average Bonchev–Trinajstić information content (AvgIpc) is 3.21. The molecule has 0 unspecified atom stereocenters. The Hall–Kier alpha value is -3.08. The van der Waals surface area contributed by atoms with Crippen LogP contribution in [0.25, 0.3) is 10.9 Å². The van der Waals surface area contributed by atoms with Gasteiger partial charge in [-0.1, -0.05) is 18.2 Å². The summed E-state index contributed by atoms with van der Waals surface area (Å²) in [5, 5.41) is 4.79. The average molecular weight is 401 g/mol. The Balaban J connectivity index is 1.41. The summed E-state index contributed by atoms with van der Waals surface area (Å²) in [4.78, 5) is 21.1. The zero-order chi connectivity index (χ0) is 20.5. The minimum absolute atomic E-state index is 0.114. The molecule has 0 saturated carbocycles. The van der Waals surface area contributed by atoms with E-state index in [2.05, 4.69) is 58.7 Å². The Kier molecular flexibility index (Phi) is 5.03. The number of fused-ring (bicyclic) bond motifs is 2. The molecule has 1 fully saturated rings. The Morgan fingerprint density at radius 3 is 2.70 bits per heavy atom. The van der Waals surface area contributed by atoms with E-state index in [1.165, 1.54) is 35.8 Å². The number of piperidine rings is 1.